The van der Waals surface area contributed by atoms with E-state index in [9.17, 15) is 9.59 Å². The third-order valence-corrected chi connectivity index (χ3v) is 5.18. The number of thiazole rings is 1. The highest BCUT2D eigenvalue weighted by Gasteiger charge is 2.19. The number of hydrogen-bond donors (Lipinski definition) is 1. The molecule has 28 heavy (non-hydrogen) atoms. The molecule has 4 rings (SSSR count). The van der Waals surface area contributed by atoms with Crippen LogP contribution in [-0.2, 0) is 4.74 Å². The van der Waals surface area contributed by atoms with E-state index in [1.807, 2.05) is 24.3 Å². The van der Waals surface area contributed by atoms with Crippen molar-refractivity contribution in [1.29, 1.82) is 0 Å². The largest absolute Gasteiger partial charge is 0.465 e. The van der Waals surface area contributed by atoms with Crippen LogP contribution in [0.5, 0.6) is 0 Å². The van der Waals surface area contributed by atoms with Gasteiger partial charge in [0, 0.05) is 5.39 Å². The number of fused-ring (bicyclic) bond motifs is 1. The lowest BCUT2D eigenvalue weighted by Gasteiger charge is -2.08. The Morgan fingerprint density at radius 2 is 1.96 bits per heavy atom. The van der Waals surface area contributed by atoms with Gasteiger partial charge < -0.3 is 9.15 Å². The van der Waals surface area contributed by atoms with Gasteiger partial charge in [0.15, 0.2) is 10.9 Å². The van der Waals surface area contributed by atoms with Gasteiger partial charge in [-0.3, -0.25) is 10.1 Å². The molecule has 0 aliphatic rings. The Labute approximate surface area is 164 Å². The quantitative estimate of drug-likeness (QED) is 0.520. The van der Waals surface area contributed by atoms with Gasteiger partial charge in [-0.1, -0.05) is 29.5 Å². The van der Waals surface area contributed by atoms with Gasteiger partial charge in [-0.15, -0.1) is 0 Å². The van der Waals surface area contributed by atoms with Crippen molar-refractivity contribution in [3.8, 4) is 11.5 Å². The molecule has 0 bridgehead atoms. The van der Waals surface area contributed by atoms with Gasteiger partial charge in [-0.25, -0.2) is 14.8 Å². The Morgan fingerprint density at radius 3 is 2.71 bits per heavy atom. The predicted molar refractivity (Wildman–Crippen MR) is 106 cm³/mol. The number of furan rings is 1. The van der Waals surface area contributed by atoms with Gasteiger partial charge >= 0.3 is 5.97 Å². The lowest BCUT2D eigenvalue weighted by molar-refractivity contribution is 0.0605. The number of carbonyl (C=O) groups is 2. The molecule has 7 nitrogen and oxygen atoms in total. The van der Waals surface area contributed by atoms with E-state index in [2.05, 4.69) is 15.3 Å². The third-order valence-electron chi connectivity index (χ3n) is 4.12. The van der Waals surface area contributed by atoms with Crippen LogP contribution in [0.3, 0.4) is 0 Å². The van der Waals surface area contributed by atoms with Crippen molar-refractivity contribution in [3.05, 3.63) is 64.9 Å². The Kier molecular flexibility index (Phi) is 4.62. The van der Waals surface area contributed by atoms with E-state index in [-0.39, 0.29) is 5.91 Å². The van der Waals surface area contributed by atoms with Gasteiger partial charge in [-0.2, -0.15) is 0 Å². The highest BCUT2D eigenvalue weighted by molar-refractivity contribution is 7.17. The summed E-state index contributed by atoms with van der Waals surface area (Å²) in [5.74, 6) is -0.264. The summed E-state index contributed by atoms with van der Waals surface area (Å²) >= 11 is 1.07. The fourth-order valence-electron chi connectivity index (χ4n) is 2.81. The van der Waals surface area contributed by atoms with Crippen molar-refractivity contribution in [2.24, 2.45) is 0 Å². The Morgan fingerprint density at radius 1 is 1.14 bits per heavy atom. The summed E-state index contributed by atoms with van der Waals surface area (Å²) in [4.78, 5) is 33.9. The maximum atomic E-state index is 13.0. The SMILES string of the molecule is COC(=O)c1sc(NC(=O)c2cc(-c3ccco3)nc3ccccc23)nc1C. The van der Waals surface area contributed by atoms with Gasteiger partial charge in [0.25, 0.3) is 5.91 Å². The maximum Gasteiger partial charge on any atom is 0.350 e. The second-order valence-electron chi connectivity index (χ2n) is 5.93. The molecule has 8 heteroatoms. The van der Waals surface area contributed by atoms with E-state index in [1.54, 1.807) is 31.4 Å². The number of amides is 1. The first-order chi connectivity index (χ1) is 13.6. The van der Waals surface area contributed by atoms with E-state index in [4.69, 9.17) is 9.15 Å². The summed E-state index contributed by atoms with van der Waals surface area (Å²) in [6.45, 7) is 1.69. The number of benzene rings is 1. The molecule has 140 valence electrons. The minimum absolute atomic E-state index is 0.323. The molecule has 0 unspecified atom stereocenters. The summed E-state index contributed by atoms with van der Waals surface area (Å²) in [5, 5.41) is 3.79. The van der Waals surface area contributed by atoms with Crippen LogP contribution in [0, 0.1) is 6.92 Å². The van der Waals surface area contributed by atoms with Crippen molar-refractivity contribution in [2.45, 2.75) is 6.92 Å². The average molecular weight is 393 g/mol. The summed E-state index contributed by atoms with van der Waals surface area (Å²) < 4.78 is 10.2. The molecule has 1 N–H and O–H groups in total. The number of aromatic nitrogens is 2. The zero-order chi connectivity index (χ0) is 19.7. The van der Waals surface area contributed by atoms with Gasteiger partial charge in [0.2, 0.25) is 0 Å². The number of nitrogens with zero attached hydrogens (tertiary/aromatic N) is 2. The third kappa shape index (κ3) is 3.25. The monoisotopic (exact) mass is 393 g/mol. The van der Waals surface area contributed by atoms with Crippen LogP contribution in [0.25, 0.3) is 22.4 Å². The van der Waals surface area contributed by atoms with Crippen molar-refractivity contribution in [1.82, 2.24) is 9.97 Å². The number of para-hydroxylation sites is 1. The summed E-state index contributed by atoms with van der Waals surface area (Å²) in [6, 6.07) is 12.6. The van der Waals surface area contributed by atoms with Crippen LogP contribution in [0.2, 0.25) is 0 Å². The smallest absolute Gasteiger partial charge is 0.350 e. The number of aryl methyl sites for hydroxylation is 1. The first-order valence-electron chi connectivity index (χ1n) is 8.37. The molecule has 0 atom stereocenters. The summed E-state index contributed by atoms with van der Waals surface area (Å²) in [5.41, 5.74) is 2.17. The lowest BCUT2D eigenvalue weighted by Crippen LogP contribution is -2.13. The number of nitrogens with one attached hydrogen (secondary N) is 1. The second kappa shape index (κ2) is 7.24. The second-order valence-corrected chi connectivity index (χ2v) is 6.93. The molecule has 0 radical (unpaired) electrons. The van der Waals surface area contributed by atoms with Crippen molar-refractivity contribution >= 4 is 39.2 Å². The molecule has 1 amide bonds. The van der Waals surface area contributed by atoms with Crippen molar-refractivity contribution < 1.29 is 18.7 Å². The van der Waals surface area contributed by atoms with Crippen LogP contribution in [0.4, 0.5) is 5.13 Å². The molecule has 0 fully saturated rings. The molecular weight excluding hydrogens is 378 g/mol. The minimum Gasteiger partial charge on any atom is -0.465 e. The molecule has 0 saturated carbocycles. The number of anilines is 1. The molecule has 0 spiro atoms. The van der Waals surface area contributed by atoms with Crippen LogP contribution < -0.4 is 5.32 Å². The number of esters is 1. The highest BCUT2D eigenvalue weighted by Crippen LogP contribution is 2.28. The fourth-order valence-corrected chi connectivity index (χ4v) is 3.69. The lowest BCUT2D eigenvalue weighted by atomic mass is 10.1. The average Bonchev–Trinajstić information content (AvgIpc) is 3.36. The first-order valence-corrected chi connectivity index (χ1v) is 9.19. The fraction of sp³-hybridized carbons (Fsp3) is 0.100. The van der Waals surface area contributed by atoms with E-state index in [0.29, 0.717) is 43.6 Å². The minimum atomic E-state index is -0.482. The zero-order valence-corrected chi connectivity index (χ0v) is 15.9. The molecule has 0 aliphatic carbocycles. The topological polar surface area (TPSA) is 94.3 Å². The molecule has 0 aliphatic heterocycles. The summed E-state index contributed by atoms with van der Waals surface area (Å²) in [7, 11) is 1.30. The Bertz CT molecular complexity index is 1180. The van der Waals surface area contributed by atoms with Crippen LogP contribution >= 0.6 is 11.3 Å². The van der Waals surface area contributed by atoms with E-state index in [0.717, 1.165) is 11.3 Å². The standard InChI is InChI=1S/C20H15N3O4S/c1-11-17(19(25)26-2)28-20(21-11)23-18(24)13-10-15(16-8-5-9-27-16)22-14-7-4-3-6-12(13)14/h3-10H,1-2H3,(H,21,23,24). The normalized spacial score (nSPS) is 10.8. The van der Waals surface area contributed by atoms with Crippen LogP contribution in [0.15, 0.2) is 53.1 Å². The molecule has 0 saturated heterocycles. The van der Waals surface area contributed by atoms with E-state index >= 15 is 0 Å². The van der Waals surface area contributed by atoms with Crippen LogP contribution in [0.1, 0.15) is 25.7 Å². The zero-order valence-electron chi connectivity index (χ0n) is 15.1. The summed E-state index contributed by atoms with van der Waals surface area (Å²) in [6.07, 6.45) is 1.55. The molecule has 4 aromatic rings. The Balaban J connectivity index is 1.74. The van der Waals surface area contributed by atoms with Gasteiger partial charge in [0.1, 0.15) is 10.6 Å². The number of hydrogen-bond acceptors (Lipinski definition) is 7. The van der Waals surface area contributed by atoms with Crippen molar-refractivity contribution in [2.75, 3.05) is 12.4 Å². The van der Waals surface area contributed by atoms with Gasteiger partial charge in [-0.05, 0) is 31.2 Å². The predicted octanol–water partition coefficient (Wildman–Crippen LogP) is 4.30. The maximum absolute atomic E-state index is 13.0. The van der Waals surface area contributed by atoms with Crippen molar-refractivity contribution in [3.63, 3.8) is 0 Å². The Hall–Kier alpha value is -3.52. The number of methoxy groups -OCH3 is 1. The number of ether oxygens (including phenoxy) is 1. The molecule has 3 aromatic heterocycles. The molecule has 1 aromatic carbocycles. The van der Waals surface area contributed by atoms with Crippen LogP contribution in [-0.4, -0.2) is 29.0 Å². The number of rotatable bonds is 4. The van der Waals surface area contributed by atoms with E-state index < -0.39 is 5.97 Å². The molecular formula is C20H15N3O4S. The highest BCUT2D eigenvalue weighted by atomic mass is 32.1. The van der Waals surface area contributed by atoms with Gasteiger partial charge in [0.05, 0.1) is 30.1 Å². The number of carbonyl (C=O) groups excluding carboxylic acids is 2. The first kappa shape index (κ1) is 17.9. The number of pyridine rings is 1. The van der Waals surface area contributed by atoms with E-state index in [1.165, 1.54) is 7.11 Å². The molecule has 3 heterocycles.